The third-order valence-corrected chi connectivity index (χ3v) is 3.28. The summed E-state index contributed by atoms with van der Waals surface area (Å²) >= 11 is -1.32. The lowest BCUT2D eigenvalue weighted by atomic mass is 10.1. The van der Waals surface area contributed by atoms with Gasteiger partial charge in [-0.05, 0) is 22.9 Å². The summed E-state index contributed by atoms with van der Waals surface area (Å²) in [4.78, 5) is 11.0. The van der Waals surface area contributed by atoms with Crippen LogP contribution in [-0.2, 0) is 3.07 Å². The highest BCUT2D eigenvalue weighted by atomic mass is 127. The van der Waals surface area contributed by atoms with Crippen LogP contribution >= 0.6 is 21.2 Å². The van der Waals surface area contributed by atoms with Crippen molar-refractivity contribution in [2.24, 2.45) is 0 Å². The second kappa shape index (κ2) is 4.06. The largest absolute Gasteiger partial charge is 0.478 e. The van der Waals surface area contributed by atoms with Gasteiger partial charge in [0, 0.05) is 3.57 Å². The molecule has 0 spiro atoms. The van der Waals surface area contributed by atoms with Gasteiger partial charge in [0.2, 0.25) is 0 Å². The van der Waals surface area contributed by atoms with Crippen LogP contribution in [0, 0.1) is 3.57 Å². The van der Waals surface area contributed by atoms with E-state index in [2.05, 4.69) is 0 Å². The number of rotatable bonds is 2. The molecule has 2 aromatic carbocycles. The van der Waals surface area contributed by atoms with Gasteiger partial charge in [-0.15, -0.1) is 0 Å². The zero-order chi connectivity index (χ0) is 10.8. The number of fused-ring (bicyclic) bond motifs is 1. The molecule has 0 aliphatic rings. The van der Waals surface area contributed by atoms with Crippen LogP contribution in [0.15, 0.2) is 36.4 Å². The van der Waals surface area contributed by atoms with Crippen molar-refractivity contribution in [2.75, 3.05) is 0 Å². The lowest BCUT2D eigenvalue weighted by Crippen LogP contribution is -1.98. The molecule has 1 N–H and O–H groups in total. The number of carboxylic acid groups (broad SMARTS) is 1. The minimum Gasteiger partial charge on any atom is -0.478 e. The van der Waals surface area contributed by atoms with E-state index >= 15 is 0 Å². The van der Waals surface area contributed by atoms with Crippen LogP contribution in [0.2, 0.25) is 0 Å². The Hall–Kier alpha value is -1.30. The highest BCUT2D eigenvalue weighted by Gasteiger charge is 2.09. The Balaban J connectivity index is 2.86. The van der Waals surface area contributed by atoms with Crippen molar-refractivity contribution >= 4 is 37.9 Å². The topological polar surface area (TPSA) is 54.4 Å². The average Bonchev–Trinajstić information content (AvgIpc) is 2.27. The van der Waals surface area contributed by atoms with Gasteiger partial charge in [0.25, 0.3) is 0 Å². The standard InChI is InChI=1S/C11H7IO3/c13-11(14)10-6-8(12-15)5-7-3-1-2-4-9(7)10/h1-6H,(H,13,14). The maximum absolute atomic E-state index is 11.0. The maximum Gasteiger partial charge on any atom is 0.336 e. The summed E-state index contributed by atoms with van der Waals surface area (Å²) in [5.74, 6) is -0.981. The first-order valence-electron chi connectivity index (χ1n) is 4.25. The van der Waals surface area contributed by atoms with E-state index in [4.69, 9.17) is 5.11 Å². The molecule has 0 radical (unpaired) electrons. The molecule has 0 unspecified atom stereocenters. The summed E-state index contributed by atoms with van der Waals surface area (Å²) in [6.07, 6.45) is 0. The van der Waals surface area contributed by atoms with Gasteiger partial charge in [-0.25, -0.2) is 4.79 Å². The number of benzene rings is 2. The minimum atomic E-state index is -1.32. The molecule has 76 valence electrons. The number of hydrogen-bond donors (Lipinski definition) is 1. The lowest BCUT2D eigenvalue weighted by Gasteiger charge is -2.02. The normalized spacial score (nSPS) is 10.4. The molecule has 0 fully saturated rings. The van der Waals surface area contributed by atoms with Gasteiger partial charge >= 0.3 is 5.97 Å². The Morgan fingerprint density at radius 2 is 1.93 bits per heavy atom. The van der Waals surface area contributed by atoms with Crippen molar-refractivity contribution in [2.45, 2.75) is 0 Å². The van der Waals surface area contributed by atoms with Gasteiger partial charge in [0.05, 0.1) is 5.56 Å². The number of halogens is 1. The molecule has 0 amide bonds. The fraction of sp³-hybridized carbons (Fsp3) is 0. The molecule has 0 heterocycles. The van der Waals surface area contributed by atoms with Crippen molar-refractivity contribution in [3.63, 3.8) is 0 Å². The van der Waals surface area contributed by atoms with Gasteiger partial charge in [-0.3, -0.25) is 3.07 Å². The number of carbonyl (C=O) groups is 1. The number of carboxylic acids is 1. The predicted octanol–water partition coefficient (Wildman–Crippen LogP) is 3.02. The SMILES string of the molecule is O=Ic1cc(C(=O)O)c2ccccc2c1. The molecule has 0 aliphatic carbocycles. The van der Waals surface area contributed by atoms with Gasteiger partial charge in [0.15, 0.2) is 21.2 Å². The third-order valence-electron chi connectivity index (χ3n) is 2.15. The molecule has 15 heavy (non-hydrogen) atoms. The molecule has 4 heteroatoms. The average molecular weight is 314 g/mol. The van der Waals surface area contributed by atoms with E-state index in [1.165, 1.54) is 6.07 Å². The third kappa shape index (κ3) is 1.90. The van der Waals surface area contributed by atoms with Crippen LogP contribution in [0.1, 0.15) is 10.4 Å². The summed E-state index contributed by atoms with van der Waals surface area (Å²) in [7, 11) is 0. The van der Waals surface area contributed by atoms with E-state index in [1.807, 2.05) is 12.1 Å². The second-order valence-corrected chi connectivity index (χ2v) is 4.74. The Labute approximate surface area is 96.4 Å². The summed E-state index contributed by atoms with van der Waals surface area (Å²) in [5.41, 5.74) is 0.221. The molecule has 2 aromatic rings. The first-order valence-corrected chi connectivity index (χ1v) is 6.21. The first kappa shape index (κ1) is 10.2. The van der Waals surface area contributed by atoms with Crippen LogP contribution in [0.5, 0.6) is 0 Å². The van der Waals surface area contributed by atoms with Crippen LogP contribution in [0.3, 0.4) is 0 Å². The summed E-state index contributed by atoms with van der Waals surface area (Å²) in [5, 5.41) is 10.5. The Morgan fingerprint density at radius 3 is 2.60 bits per heavy atom. The molecule has 0 saturated heterocycles. The molecule has 0 aliphatic heterocycles. The van der Waals surface area contributed by atoms with Crippen LogP contribution in [0.4, 0.5) is 0 Å². The van der Waals surface area contributed by atoms with Crippen molar-refractivity contribution < 1.29 is 13.0 Å². The molecule has 0 bridgehead atoms. The van der Waals surface area contributed by atoms with Gasteiger partial charge in [0.1, 0.15) is 0 Å². The monoisotopic (exact) mass is 314 g/mol. The Kier molecular flexibility index (Phi) is 2.77. The van der Waals surface area contributed by atoms with Crippen LogP contribution in [0.25, 0.3) is 10.8 Å². The second-order valence-electron chi connectivity index (χ2n) is 3.06. The molecule has 0 aromatic heterocycles. The lowest BCUT2D eigenvalue weighted by molar-refractivity contribution is 0.0699. The van der Waals surface area contributed by atoms with E-state index in [0.29, 0.717) is 8.96 Å². The number of hydrogen-bond acceptors (Lipinski definition) is 2. The molecule has 0 atom stereocenters. The van der Waals surface area contributed by atoms with Gasteiger partial charge < -0.3 is 5.11 Å². The van der Waals surface area contributed by atoms with E-state index in [0.717, 1.165) is 5.39 Å². The molecule has 0 saturated carbocycles. The quantitative estimate of drug-likeness (QED) is 0.867. The fourth-order valence-electron chi connectivity index (χ4n) is 1.50. The van der Waals surface area contributed by atoms with Crippen LogP contribution < -0.4 is 0 Å². The maximum atomic E-state index is 11.0. The van der Waals surface area contributed by atoms with E-state index in [-0.39, 0.29) is 5.56 Å². The predicted molar refractivity (Wildman–Crippen MR) is 64.3 cm³/mol. The molecular weight excluding hydrogens is 307 g/mol. The Bertz CT molecular complexity index is 549. The van der Waals surface area contributed by atoms with Crippen molar-refractivity contribution in [1.29, 1.82) is 0 Å². The molecule has 3 nitrogen and oxygen atoms in total. The fourth-order valence-corrected chi connectivity index (χ4v) is 2.40. The zero-order valence-electron chi connectivity index (χ0n) is 7.61. The minimum absolute atomic E-state index is 0.221. The van der Waals surface area contributed by atoms with Crippen molar-refractivity contribution in [3.8, 4) is 0 Å². The van der Waals surface area contributed by atoms with E-state index < -0.39 is 27.2 Å². The smallest absolute Gasteiger partial charge is 0.336 e. The summed E-state index contributed by atoms with van der Waals surface area (Å²) in [6, 6.07) is 10.5. The zero-order valence-corrected chi connectivity index (χ0v) is 9.76. The summed E-state index contributed by atoms with van der Waals surface area (Å²) < 4.78 is 11.5. The van der Waals surface area contributed by atoms with Crippen molar-refractivity contribution in [3.05, 3.63) is 45.5 Å². The number of aromatic carboxylic acids is 1. The van der Waals surface area contributed by atoms with E-state index in [1.54, 1.807) is 18.2 Å². The summed E-state index contributed by atoms with van der Waals surface area (Å²) in [6.45, 7) is 0. The molecular formula is C11H7IO3. The van der Waals surface area contributed by atoms with E-state index in [9.17, 15) is 7.86 Å². The first-order chi connectivity index (χ1) is 7.22. The Morgan fingerprint density at radius 1 is 1.20 bits per heavy atom. The van der Waals surface area contributed by atoms with Gasteiger partial charge in [-0.2, -0.15) is 0 Å². The molecule has 2 rings (SSSR count). The van der Waals surface area contributed by atoms with Crippen LogP contribution in [-0.4, -0.2) is 11.1 Å². The van der Waals surface area contributed by atoms with Gasteiger partial charge in [-0.1, -0.05) is 24.3 Å². The highest BCUT2D eigenvalue weighted by Crippen LogP contribution is 2.23. The highest BCUT2D eigenvalue weighted by molar-refractivity contribution is 14.1. The van der Waals surface area contributed by atoms with Crippen molar-refractivity contribution in [1.82, 2.24) is 0 Å².